The van der Waals surface area contributed by atoms with E-state index >= 15 is 0 Å². The van der Waals surface area contributed by atoms with Crippen LogP contribution < -0.4 is 10.1 Å². The number of ether oxygens (including phenoxy) is 1. The van der Waals surface area contributed by atoms with Gasteiger partial charge in [0.05, 0.1) is 49.1 Å². The van der Waals surface area contributed by atoms with Gasteiger partial charge in [0.1, 0.15) is 11.4 Å². The van der Waals surface area contributed by atoms with Gasteiger partial charge in [-0.2, -0.15) is 0 Å². The van der Waals surface area contributed by atoms with Gasteiger partial charge in [-0.1, -0.05) is 17.7 Å². The summed E-state index contributed by atoms with van der Waals surface area (Å²) in [5.41, 5.74) is 2.38. The number of aliphatic hydroxyl groups is 2. The summed E-state index contributed by atoms with van der Waals surface area (Å²) in [6.45, 7) is -0.369. The Morgan fingerprint density at radius 2 is 2.00 bits per heavy atom. The van der Waals surface area contributed by atoms with Crippen LogP contribution in [0.3, 0.4) is 0 Å². The van der Waals surface area contributed by atoms with Gasteiger partial charge in [-0.25, -0.2) is 19.3 Å². The minimum absolute atomic E-state index is 0.168. The lowest BCUT2D eigenvalue weighted by atomic mass is 10.0. The molecule has 0 aliphatic rings. The fourth-order valence-corrected chi connectivity index (χ4v) is 3.40. The van der Waals surface area contributed by atoms with Crippen LogP contribution in [0.25, 0.3) is 17.0 Å². The van der Waals surface area contributed by atoms with Gasteiger partial charge in [0.15, 0.2) is 11.5 Å². The minimum Gasteiger partial charge on any atom is -0.495 e. The van der Waals surface area contributed by atoms with E-state index in [4.69, 9.17) is 16.3 Å². The van der Waals surface area contributed by atoms with Crippen molar-refractivity contribution in [2.24, 2.45) is 0 Å². The van der Waals surface area contributed by atoms with Crippen LogP contribution in [0.2, 0.25) is 5.02 Å². The number of methoxy groups -OCH3 is 1. The molecule has 31 heavy (non-hydrogen) atoms. The molecule has 0 saturated carbocycles. The number of aromatic nitrogens is 4. The fraction of sp³-hybridized carbons (Fsp3) is 0.190. The van der Waals surface area contributed by atoms with Gasteiger partial charge in [0.2, 0.25) is 5.95 Å². The van der Waals surface area contributed by atoms with Crippen molar-refractivity contribution >= 4 is 28.9 Å². The number of nitrogens with one attached hydrogen (secondary N) is 1. The minimum atomic E-state index is -0.453. The number of hydrogen-bond acceptors (Lipinski definition) is 7. The quantitative estimate of drug-likeness (QED) is 0.402. The lowest BCUT2D eigenvalue weighted by Crippen LogP contribution is -2.09. The van der Waals surface area contributed by atoms with E-state index in [1.807, 2.05) is 0 Å². The monoisotopic (exact) mass is 443 g/mol. The lowest BCUT2D eigenvalue weighted by molar-refractivity contribution is 0.192. The second-order valence-corrected chi connectivity index (χ2v) is 7.14. The average Bonchev–Trinajstić information content (AvgIpc) is 3.22. The number of hydrogen-bond donors (Lipinski definition) is 3. The molecule has 3 N–H and O–H groups in total. The topological polar surface area (TPSA) is 105 Å². The molecule has 4 aromatic rings. The van der Waals surface area contributed by atoms with Gasteiger partial charge in [-0.15, -0.1) is 0 Å². The van der Waals surface area contributed by atoms with Crippen LogP contribution in [-0.2, 0) is 0 Å². The van der Waals surface area contributed by atoms with E-state index in [2.05, 4.69) is 20.3 Å². The third-order valence-electron chi connectivity index (χ3n) is 4.86. The van der Waals surface area contributed by atoms with Crippen LogP contribution in [0.4, 0.5) is 16.0 Å². The number of anilines is 2. The zero-order chi connectivity index (χ0) is 22.0. The van der Waals surface area contributed by atoms with Gasteiger partial charge in [0, 0.05) is 12.1 Å². The van der Waals surface area contributed by atoms with Crippen molar-refractivity contribution in [1.29, 1.82) is 0 Å². The van der Waals surface area contributed by atoms with Crippen molar-refractivity contribution in [3.8, 4) is 17.1 Å². The Morgan fingerprint density at radius 3 is 2.74 bits per heavy atom. The second kappa shape index (κ2) is 8.84. The highest BCUT2D eigenvalue weighted by molar-refractivity contribution is 6.32. The highest BCUT2D eigenvalue weighted by Gasteiger charge is 2.17. The highest BCUT2D eigenvalue weighted by Crippen LogP contribution is 2.32. The van der Waals surface area contributed by atoms with Gasteiger partial charge < -0.3 is 20.3 Å². The van der Waals surface area contributed by atoms with Gasteiger partial charge >= 0.3 is 0 Å². The number of fused-ring (bicyclic) bond motifs is 1. The maximum atomic E-state index is 14.0. The number of pyridine rings is 1. The molecule has 0 aliphatic carbocycles. The summed E-state index contributed by atoms with van der Waals surface area (Å²) in [4.78, 5) is 12.8. The average molecular weight is 444 g/mol. The molecule has 1 aromatic carbocycles. The molecule has 0 atom stereocenters. The van der Waals surface area contributed by atoms with Crippen LogP contribution >= 0.6 is 11.6 Å². The van der Waals surface area contributed by atoms with Crippen LogP contribution in [-0.4, -0.2) is 49.9 Å². The number of rotatable bonds is 7. The maximum absolute atomic E-state index is 14.0. The lowest BCUT2D eigenvalue weighted by Gasteiger charge is -2.16. The summed E-state index contributed by atoms with van der Waals surface area (Å²) >= 11 is 6.32. The van der Waals surface area contributed by atoms with Crippen LogP contribution in [0.5, 0.6) is 5.75 Å². The molecular weight excluding hydrogens is 425 g/mol. The zero-order valence-corrected chi connectivity index (χ0v) is 17.2. The molecule has 0 unspecified atom stereocenters. The molecule has 3 heterocycles. The van der Waals surface area contributed by atoms with Gasteiger partial charge in [-0.3, -0.25) is 4.40 Å². The summed E-state index contributed by atoms with van der Waals surface area (Å²) in [5, 5.41) is 22.2. The van der Waals surface area contributed by atoms with E-state index in [-0.39, 0.29) is 29.8 Å². The number of imidazole rings is 1. The normalized spacial score (nSPS) is 11.3. The first-order valence-corrected chi connectivity index (χ1v) is 9.74. The number of nitrogens with zero attached hydrogens (tertiary/aromatic N) is 4. The van der Waals surface area contributed by atoms with Crippen LogP contribution in [0, 0.1) is 5.82 Å². The third-order valence-corrected chi connectivity index (χ3v) is 5.14. The Kier molecular flexibility index (Phi) is 5.99. The SMILES string of the molecule is COc1cc(C(CO)CO)ccc1Nc1ncc(Cl)c(-c2cnc3c(F)cccn23)n1. The molecule has 0 aliphatic heterocycles. The maximum Gasteiger partial charge on any atom is 0.227 e. The second-order valence-electron chi connectivity index (χ2n) is 6.73. The molecule has 8 nitrogen and oxygen atoms in total. The number of benzene rings is 1. The summed E-state index contributed by atoms with van der Waals surface area (Å²) in [5.74, 6) is -0.123. The Labute approximate surface area is 182 Å². The van der Waals surface area contributed by atoms with Crippen molar-refractivity contribution in [1.82, 2.24) is 19.4 Å². The standard InChI is InChI=1S/C21H19ClFN5O3/c1-31-18-7-12(13(10-29)11-30)4-5-16(18)26-21-25-8-14(22)19(27-21)17-9-24-20-15(23)3-2-6-28(17)20/h2-9,13,29-30H,10-11H2,1H3,(H,25,26,27). The number of aliphatic hydroxyl groups excluding tert-OH is 2. The van der Waals surface area contributed by atoms with E-state index in [0.29, 0.717) is 22.8 Å². The van der Waals surface area contributed by atoms with E-state index < -0.39 is 11.7 Å². The van der Waals surface area contributed by atoms with Crippen molar-refractivity contribution in [2.75, 3.05) is 25.6 Å². The zero-order valence-electron chi connectivity index (χ0n) is 16.5. The van der Waals surface area contributed by atoms with Crippen molar-refractivity contribution in [2.45, 2.75) is 5.92 Å². The van der Waals surface area contributed by atoms with E-state index in [0.717, 1.165) is 5.56 Å². The first-order chi connectivity index (χ1) is 15.0. The largest absolute Gasteiger partial charge is 0.495 e. The molecule has 3 aromatic heterocycles. The Bertz CT molecular complexity index is 1230. The Morgan fingerprint density at radius 1 is 1.19 bits per heavy atom. The van der Waals surface area contributed by atoms with Gasteiger partial charge in [-0.05, 0) is 29.8 Å². The molecule has 0 fully saturated rings. The molecule has 0 saturated heterocycles. The summed E-state index contributed by atoms with van der Waals surface area (Å²) in [7, 11) is 1.51. The van der Waals surface area contributed by atoms with Crippen LogP contribution in [0.1, 0.15) is 11.5 Å². The molecule has 4 rings (SSSR count). The molecule has 0 bridgehead atoms. The Hall–Kier alpha value is -3.27. The molecule has 160 valence electrons. The Balaban J connectivity index is 1.70. The predicted octanol–water partition coefficient (Wildman–Crippen LogP) is 3.40. The van der Waals surface area contributed by atoms with E-state index in [1.54, 1.807) is 34.9 Å². The first-order valence-electron chi connectivity index (χ1n) is 9.36. The van der Waals surface area contributed by atoms with E-state index in [9.17, 15) is 14.6 Å². The molecule has 0 amide bonds. The summed E-state index contributed by atoms with van der Waals surface area (Å²) in [6, 6.07) is 8.14. The molecular formula is C21H19ClFN5O3. The highest BCUT2D eigenvalue weighted by atomic mass is 35.5. The summed E-state index contributed by atoms with van der Waals surface area (Å²) in [6.07, 6.45) is 4.61. The molecule has 0 spiro atoms. The van der Waals surface area contributed by atoms with Gasteiger partial charge in [0.25, 0.3) is 0 Å². The fourth-order valence-electron chi connectivity index (χ4n) is 3.21. The summed E-state index contributed by atoms with van der Waals surface area (Å²) < 4.78 is 21.0. The van der Waals surface area contributed by atoms with E-state index in [1.165, 1.54) is 25.6 Å². The third kappa shape index (κ3) is 4.02. The molecule has 0 radical (unpaired) electrons. The molecule has 10 heteroatoms. The predicted molar refractivity (Wildman–Crippen MR) is 114 cm³/mol. The smallest absolute Gasteiger partial charge is 0.227 e. The first kappa shape index (κ1) is 21.0. The van der Waals surface area contributed by atoms with Crippen molar-refractivity contribution < 1.29 is 19.3 Å². The number of halogens is 2. The van der Waals surface area contributed by atoms with Crippen LogP contribution in [0.15, 0.2) is 48.9 Å². The van der Waals surface area contributed by atoms with Crippen molar-refractivity contribution in [3.63, 3.8) is 0 Å². The van der Waals surface area contributed by atoms with Crippen molar-refractivity contribution in [3.05, 3.63) is 65.3 Å².